The molecule has 0 bridgehead atoms. The fourth-order valence-electron chi connectivity index (χ4n) is 5.37. The van der Waals surface area contributed by atoms with E-state index in [-0.39, 0.29) is 0 Å². The first kappa shape index (κ1) is 40.1. The summed E-state index contributed by atoms with van der Waals surface area (Å²) in [4.78, 5) is 10.5. The first-order valence-electron chi connectivity index (χ1n) is 15.7. The summed E-state index contributed by atoms with van der Waals surface area (Å²) in [6, 6.07) is 0. The third-order valence-corrected chi connectivity index (χ3v) is 8.26. The Hall–Kier alpha value is -1.95. The largest absolute Gasteiger partial charge is 0.303 e. The van der Waals surface area contributed by atoms with Crippen molar-refractivity contribution >= 4 is 27.1 Å². The summed E-state index contributed by atoms with van der Waals surface area (Å²) in [6.07, 6.45) is 30.2. The van der Waals surface area contributed by atoms with Gasteiger partial charge in [-0.3, -0.25) is 0 Å². The molecule has 234 valence electrons. The highest BCUT2D eigenvalue weighted by molar-refractivity contribution is 7.18. The van der Waals surface area contributed by atoms with E-state index in [0.29, 0.717) is 35.7 Å². The van der Waals surface area contributed by atoms with Crippen LogP contribution in [0.4, 0.5) is 0 Å². The molecule has 0 fully saturated rings. The number of halogens is 1. The van der Waals surface area contributed by atoms with E-state index >= 15 is 0 Å². The van der Waals surface area contributed by atoms with Gasteiger partial charge in [-0.2, -0.15) is 0 Å². The van der Waals surface area contributed by atoms with Gasteiger partial charge in [0.05, 0.1) is 0 Å². The Morgan fingerprint density at radius 3 is 1.71 bits per heavy atom. The average molecular weight is 611 g/mol. The van der Waals surface area contributed by atoms with Crippen molar-refractivity contribution in [2.45, 2.75) is 104 Å². The highest BCUT2D eigenvalue weighted by Crippen LogP contribution is 2.30. The van der Waals surface area contributed by atoms with Gasteiger partial charge >= 0.3 is 0 Å². The van der Waals surface area contributed by atoms with Gasteiger partial charge in [0.25, 0.3) is 0 Å². The molecule has 0 rings (SSSR count). The predicted molar refractivity (Wildman–Crippen MR) is 195 cm³/mol. The fraction of sp³-hybridized carbons (Fsp3) is 0.513. The maximum absolute atomic E-state index is 10.5. The van der Waals surface area contributed by atoms with Crippen LogP contribution in [0.15, 0.2) is 109 Å². The zero-order valence-electron chi connectivity index (χ0n) is 27.3. The van der Waals surface area contributed by atoms with Crippen LogP contribution in [0.5, 0.6) is 0 Å². The number of allylic oxidation sites excluding steroid dienone is 14. The Balaban J connectivity index is 4.39. The smallest absolute Gasteiger partial charge is 0.120 e. The van der Waals surface area contributed by atoms with Gasteiger partial charge in [0.1, 0.15) is 6.29 Å². The Bertz CT molecular complexity index is 976. The van der Waals surface area contributed by atoms with E-state index in [2.05, 4.69) is 87.6 Å². The predicted octanol–water partition coefficient (Wildman–Crippen LogP) is 12.3. The van der Waals surface area contributed by atoms with Gasteiger partial charge in [0.2, 0.25) is 0 Å². The molecule has 0 saturated carbocycles. The molecule has 0 amide bonds. The summed E-state index contributed by atoms with van der Waals surface area (Å²) in [5, 5.41) is 0. The van der Waals surface area contributed by atoms with Crippen molar-refractivity contribution in [3.8, 4) is 0 Å². The van der Waals surface area contributed by atoms with Gasteiger partial charge in [0, 0.05) is 12.3 Å². The Labute approximate surface area is 267 Å². The van der Waals surface area contributed by atoms with Crippen molar-refractivity contribution < 1.29 is 4.79 Å². The molecule has 0 saturated heterocycles. The minimum atomic E-state index is 0.460. The molecule has 0 aliphatic carbocycles. The lowest BCUT2D eigenvalue weighted by atomic mass is 9.85. The van der Waals surface area contributed by atoms with Crippen molar-refractivity contribution in [3.63, 3.8) is 0 Å². The van der Waals surface area contributed by atoms with Gasteiger partial charge in [-0.05, 0) is 94.5 Å². The quantitative estimate of drug-likeness (QED) is 0.0251. The molecular weight excluding hydrogens is 551 g/mol. The van der Waals surface area contributed by atoms with Crippen molar-refractivity contribution in [1.82, 2.24) is 0 Å². The first-order valence-corrected chi connectivity index (χ1v) is 16.9. The summed E-state index contributed by atoms with van der Waals surface area (Å²) < 4.78 is 0. The third kappa shape index (κ3) is 23.6. The zero-order valence-corrected chi connectivity index (χ0v) is 29.2. The summed E-state index contributed by atoms with van der Waals surface area (Å²) in [6.45, 7) is 26.5. The number of alkyl halides is 1. The van der Waals surface area contributed by atoms with E-state index in [1.165, 1.54) is 34.3 Å². The zero-order chi connectivity index (χ0) is 31.8. The lowest BCUT2D eigenvalue weighted by Gasteiger charge is -2.21. The number of hydrogen-bond donors (Lipinski definition) is 0. The van der Waals surface area contributed by atoms with Gasteiger partial charge in [-0.25, -0.2) is 0 Å². The van der Waals surface area contributed by atoms with Crippen LogP contribution in [0.1, 0.15) is 98.3 Å². The summed E-state index contributed by atoms with van der Waals surface area (Å²) in [7, 11) is 3.02. The van der Waals surface area contributed by atoms with Crippen LogP contribution in [-0.4, -0.2) is 17.8 Å². The summed E-state index contributed by atoms with van der Waals surface area (Å²) >= 11 is 5.65. The van der Waals surface area contributed by atoms with Gasteiger partial charge < -0.3 is 4.79 Å². The third-order valence-electron chi connectivity index (χ3n) is 7.25. The minimum Gasteiger partial charge on any atom is -0.303 e. The van der Waals surface area contributed by atoms with Crippen LogP contribution >= 0.6 is 20.8 Å². The maximum atomic E-state index is 10.5. The highest BCUT2D eigenvalue weighted by atomic mass is 35.5. The number of carbonyl (C=O) groups is 1. The van der Waals surface area contributed by atoms with Crippen LogP contribution in [-0.2, 0) is 4.79 Å². The van der Waals surface area contributed by atoms with E-state index in [1.807, 2.05) is 30.4 Å². The molecule has 42 heavy (non-hydrogen) atoms. The lowest BCUT2D eigenvalue weighted by molar-refractivity contribution is -0.107. The summed E-state index contributed by atoms with van der Waals surface area (Å²) in [5.41, 5.74) is 6.88. The second kappa shape index (κ2) is 25.5. The van der Waals surface area contributed by atoms with Gasteiger partial charge in [0.15, 0.2) is 0 Å². The number of unbranched alkanes of at least 4 members (excludes halogenated alkanes) is 1. The average Bonchev–Trinajstić information content (AvgIpc) is 2.88. The standard InChI is InChI=1S/C39H60ClOP/c1-31(20-17-19-23-41)24-32(2)25-33(3)26-34(4)27-35(5)28-36(6)29-37(7)30-39(42)38(8)21-16-14-12-10-9-11-13-15-18-22-40/h9-16,21,23,33-34,37,39H,1-2,5-6,17-20,22,24-30,42H2,3-4,7-8H3/b11-9+,12-10+,15-13+,16-14+,38-21+/t33?,34?,37?,39-/m0/s1. The highest BCUT2D eigenvalue weighted by Gasteiger charge is 2.15. The van der Waals surface area contributed by atoms with Crippen molar-refractivity contribution in [2.75, 3.05) is 5.88 Å². The molecule has 0 aliphatic heterocycles. The molecule has 1 nitrogen and oxygen atoms in total. The molecule has 0 radical (unpaired) electrons. The summed E-state index contributed by atoms with van der Waals surface area (Å²) in [5.74, 6) is 2.44. The Kier molecular flexibility index (Phi) is 24.4. The monoisotopic (exact) mass is 610 g/mol. The molecule has 0 aromatic carbocycles. The second-order valence-electron chi connectivity index (χ2n) is 12.4. The van der Waals surface area contributed by atoms with Crippen LogP contribution < -0.4 is 0 Å². The Morgan fingerprint density at radius 2 is 1.19 bits per heavy atom. The van der Waals surface area contributed by atoms with Crippen molar-refractivity contribution in [3.05, 3.63) is 109 Å². The van der Waals surface area contributed by atoms with Crippen LogP contribution in [0.25, 0.3) is 0 Å². The molecule has 4 unspecified atom stereocenters. The molecule has 5 atom stereocenters. The first-order chi connectivity index (χ1) is 20.0. The van der Waals surface area contributed by atoms with E-state index in [9.17, 15) is 4.79 Å². The molecule has 0 N–H and O–H groups in total. The van der Waals surface area contributed by atoms with E-state index in [4.69, 9.17) is 11.6 Å². The number of aldehydes is 1. The van der Waals surface area contributed by atoms with Crippen LogP contribution in [0, 0.1) is 17.8 Å². The maximum Gasteiger partial charge on any atom is 0.120 e. The second-order valence-corrected chi connectivity index (χ2v) is 13.6. The molecule has 0 heterocycles. The topological polar surface area (TPSA) is 17.1 Å². The van der Waals surface area contributed by atoms with E-state index < -0.39 is 0 Å². The molecular formula is C39H60ClOP. The number of rotatable bonds is 25. The van der Waals surface area contributed by atoms with Crippen molar-refractivity contribution in [1.29, 1.82) is 0 Å². The minimum absolute atomic E-state index is 0.460. The molecule has 0 aromatic rings. The van der Waals surface area contributed by atoms with Gasteiger partial charge in [-0.1, -0.05) is 130 Å². The molecule has 3 heteroatoms. The van der Waals surface area contributed by atoms with E-state index in [1.54, 1.807) is 0 Å². The van der Waals surface area contributed by atoms with Crippen LogP contribution in [0.2, 0.25) is 0 Å². The number of carbonyl (C=O) groups excluding carboxylic acids is 1. The van der Waals surface area contributed by atoms with Crippen LogP contribution in [0.3, 0.4) is 0 Å². The lowest BCUT2D eigenvalue weighted by Crippen LogP contribution is -2.08. The number of hydrogen-bond acceptors (Lipinski definition) is 1. The molecule has 0 aliphatic rings. The fourth-order valence-corrected chi connectivity index (χ4v) is 6.07. The Morgan fingerprint density at radius 1 is 0.714 bits per heavy atom. The van der Waals surface area contributed by atoms with E-state index in [0.717, 1.165) is 64.1 Å². The SMILES string of the molecule is C=C(CCCC=O)CC(=C)CC(C)CC(C)CC(=C)CC(=C)CC(C)C[C@H](P)/C(C)=C/C=C/C=C/C=C/C=C/CCCl. The molecule has 0 spiro atoms. The van der Waals surface area contributed by atoms with Gasteiger partial charge in [-0.15, -0.1) is 20.8 Å². The van der Waals surface area contributed by atoms with Crippen molar-refractivity contribution in [2.24, 2.45) is 17.8 Å². The molecule has 0 aromatic heterocycles. The normalized spacial score (nSPS) is 15.4.